The average molecular weight is 243 g/mol. The van der Waals surface area contributed by atoms with Crippen LogP contribution in [0.1, 0.15) is 26.7 Å². The molecule has 17 heavy (non-hydrogen) atoms. The zero-order chi connectivity index (χ0) is 12.7. The lowest BCUT2D eigenvalue weighted by Gasteiger charge is -2.39. The summed E-state index contributed by atoms with van der Waals surface area (Å²) in [6, 6.07) is 0.585. The minimum Gasteiger partial charge on any atom is -0.380 e. The molecule has 2 atom stereocenters. The van der Waals surface area contributed by atoms with Gasteiger partial charge >= 0.3 is 0 Å². The van der Waals surface area contributed by atoms with Gasteiger partial charge in [0.15, 0.2) is 0 Å². The minimum absolute atomic E-state index is 0.336. The van der Waals surface area contributed by atoms with Crippen LogP contribution in [0, 0.1) is 0 Å². The molecule has 1 rings (SSSR count). The first-order chi connectivity index (χ1) is 8.21. The topological polar surface area (TPSA) is 41.7 Å². The molecule has 1 saturated heterocycles. The van der Waals surface area contributed by atoms with E-state index in [1.807, 2.05) is 0 Å². The van der Waals surface area contributed by atoms with Crippen LogP contribution in [0.15, 0.2) is 0 Å². The van der Waals surface area contributed by atoms with Crippen molar-refractivity contribution in [2.45, 2.75) is 38.8 Å². The van der Waals surface area contributed by atoms with Gasteiger partial charge in [0, 0.05) is 52.4 Å². The van der Waals surface area contributed by atoms with Gasteiger partial charge < -0.3 is 10.5 Å². The molecule has 0 radical (unpaired) electrons. The summed E-state index contributed by atoms with van der Waals surface area (Å²) in [6.07, 6.45) is 2.79. The average Bonchev–Trinajstić information content (AvgIpc) is 2.37. The fourth-order valence-electron chi connectivity index (χ4n) is 2.53. The van der Waals surface area contributed by atoms with E-state index in [0.29, 0.717) is 12.1 Å². The van der Waals surface area contributed by atoms with Gasteiger partial charge in [0.25, 0.3) is 0 Å². The SMILES string of the molecule is CCCC(CN)N1CCN(CC(C)OC)CC1. The molecule has 0 aromatic heterocycles. The number of nitrogens with two attached hydrogens (primary N) is 1. The molecular formula is C13H29N3O. The van der Waals surface area contributed by atoms with Crippen molar-refractivity contribution in [3.8, 4) is 0 Å². The first-order valence-corrected chi connectivity index (χ1v) is 6.90. The molecule has 4 heteroatoms. The first-order valence-electron chi connectivity index (χ1n) is 6.90. The van der Waals surface area contributed by atoms with Gasteiger partial charge in [-0.1, -0.05) is 13.3 Å². The first kappa shape index (κ1) is 14.9. The number of ether oxygens (including phenoxy) is 1. The van der Waals surface area contributed by atoms with E-state index in [4.69, 9.17) is 10.5 Å². The van der Waals surface area contributed by atoms with E-state index in [9.17, 15) is 0 Å². The van der Waals surface area contributed by atoms with Crippen LogP contribution in [0.4, 0.5) is 0 Å². The Morgan fingerprint density at radius 2 is 1.88 bits per heavy atom. The summed E-state index contributed by atoms with van der Waals surface area (Å²) in [7, 11) is 1.78. The number of methoxy groups -OCH3 is 1. The molecule has 102 valence electrons. The Labute approximate surface area is 106 Å². The molecule has 0 bridgehead atoms. The van der Waals surface area contributed by atoms with Crippen molar-refractivity contribution in [3.05, 3.63) is 0 Å². The molecule has 1 fully saturated rings. The van der Waals surface area contributed by atoms with Crippen molar-refractivity contribution in [1.82, 2.24) is 9.80 Å². The highest BCUT2D eigenvalue weighted by Crippen LogP contribution is 2.10. The predicted molar refractivity (Wildman–Crippen MR) is 72.2 cm³/mol. The lowest BCUT2D eigenvalue weighted by atomic mass is 10.1. The predicted octanol–water partition coefficient (Wildman–Crippen LogP) is 0.766. The quantitative estimate of drug-likeness (QED) is 0.717. The number of rotatable bonds is 7. The highest BCUT2D eigenvalue weighted by molar-refractivity contribution is 4.79. The van der Waals surface area contributed by atoms with Crippen LogP contribution in [0.2, 0.25) is 0 Å². The molecule has 0 aliphatic carbocycles. The van der Waals surface area contributed by atoms with E-state index >= 15 is 0 Å². The van der Waals surface area contributed by atoms with Crippen LogP contribution in [0.3, 0.4) is 0 Å². The van der Waals surface area contributed by atoms with Crippen molar-refractivity contribution < 1.29 is 4.74 Å². The maximum Gasteiger partial charge on any atom is 0.0670 e. The molecule has 0 amide bonds. The van der Waals surface area contributed by atoms with Crippen LogP contribution < -0.4 is 5.73 Å². The van der Waals surface area contributed by atoms with Gasteiger partial charge in [0.05, 0.1) is 6.10 Å². The Morgan fingerprint density at radius 3 is 2.35 bits per heavy atom. The van der Waals surface area contributed by atoms with Crippen molar-refractivity contribution in [1.29, 1.82) is 0 Å². The van der Waals surface area contributed by atoms with Gasteiger partial charge in [0.1, 0.15) is 0 Å². The summed E-state index contributed by atoms with van der Waals surface area (Å²) in [5.41, 5.74) is 5.85. The maximum atomic E-state index is 5.85. The molecule has 4 nitrogen and oxygen atoms in total. The zero-order valence-corrected chi connectivity index (χ0v) is 11.7. The summed E-state index contributed by atoms with van der Waals surface area (Å²) >= 11 is 0. The Balaban J connectivity index is 2.29. The van der Waals surface area contributed by atoms with E-state index in [2.05, 4.69) is 23.6 Å². The summed E-state index contributed by atoms with van der Waals surface area (Å²) in [5.74, 6) is 0. The number of hydrogen-bond acceptors (Lipinski definition) is 4. The van der Waals surface area contributed by atoms with E-state index in [0.717, 1.165) is 39.3 Å². The number of nitrogens with zero attached hydrogens (tertiary/aromatic N) is 2. The van der Waals surface area contributed by atoms with Crippen LogP contribution in [0.5, 0.6) is 0 Å². The summed E-state index contributed by atoms with van der Waals surface area (Å²) in [5, 5.41) is 0. The third kappa shape index (κ3) is 4.92. The van der Waals surface area contributed by atoms with Crippen LogP contribution in [-0.2, 0) is 4.74 Å². The highest BCUT2D eigenvalue weighted by atomic mass is 16.5. The Kier molecular flexibility index (Phi) is 7.04. The highest BCUT2D eigenvalue weighted by Gasteiger charge is 2.22. The maximum absolute atomic E-state index is 5.85. The van der Waals surface area contributed by atoms with Gasteiger partial charge in [0.2, 0.25) is 0 Å². The summed E-state index contributed by atoms with van der Waals surface area (Å²) < 4.78 is 5.31. The second-order valence-corrected chi connectivity index (χ2v) is 5.06. The van der Waals surface area contributed by atoms with Crippen molar-refractivity contribution in [2.75, 3.05) is 46.4 Å². The fourth-order valence-corrected chi connectivity index (χ4v) is 2.53. The van der Waals surface area contributed by atoms with Gasteiger partial charge in [-0.25, -0.2) is 0 Å². The monoisotopic (exact) mass is 243 g/mol. The van der Waals surface area contributed by atoms with E-state index in [-0.39, 0.29) is 0 Å². The van der Waals surface area contributed by atoms with Gasteiger partial charge in [-0.15, -0.1) is 0 Å². The van der Waals surface area contributed by atoms with Crippen molar-refractivity contribution in [3.63, 3.8) is 0 Å². The van der Waals surface area contributed by atoms with E-state index in [1.165, 1.54) is 12.8 Å². The molecule has 1 aliphatic heterocycles. The molecule has 0 aromatic carbocycles. The van der Waals surface area contributed by atoms with Crippen LogP contribution in [0.25, 0.3) is 0 Å². The fraction of sp³-hybridized carbons (Fsp3) is 1.00. The smallest absolute Gasteiger partial charge is 0.0670 e. The molecule has 2 unspecified atom stereocenters. The lowest BCUT2D eigenvalue weighted by molar-refractivity contribution is 0.0414. The standard InChI is InChI=1S/C13H29N3O/c1-4-5-13(10-14)16-8-6-15(7-9-16)11-12(2)17-3/h12-13H,4-11,14H2,1-3H3. The lowest BCUT2D eigenvalue weighted by Crippen LogP contribution is -2.53. The molecule has 0 aromatic rings. The third-order valence-electron chi connectivity index (χ3n) is 3.73. The Morgan fingerprint density at radius 1 is 1.24 bits per heavy atom. The van der Waals surface area contributed by atoms with Gasteiger partial charge in [-0.3, -0.25) is 9.80 Å². The number of hydrogen-bond donors (Lipinski definition) is 1. The van der Waals surface area contributed by atoms with Gasteiger partial charge in [-0.05, 0) is 13.3 Å². The summed E-state index contributed by atoms with van der Waals surface area (Å²) in [4.78, 5) is 5.04. The van der Waals surface area contributed by atoms with E-state index in [1.54, 1.807) is 7.11 Å². The van der Waals surface area contributed by atoms with Crippen LogP contribution in [-0.4, -0.2) is 68.3 Å². The molecule has 1 aliphatic rings. The molecule has 2 N–H and O–H groups in total. The number of piperazine rings is 1. The largest absolute Gasteiger partial charge is 0.380 e. The zero-order valence-electron chi connectivity index (χ0n) is 11.7. The molecule has 1 heterocycles. The van der Waals surface area contributed by atoms with Crippen molar-refractivity contribution in [2.24, 2.45) is 5.73 Å². The van der Waals surface area contributed by atoms with Crippen LogP contribution >= 0.6 is 0 Å². The third-order valence-corrected chi connectivity index (χ3v) is 3.73. The van der Waals surface area contributed by atoms with Crippen molar-refractivity contribution >= 4 is 0 Å². The Hall–Kier alpha value is -0.160. The molecular weight excluding hydrogens is 214 g/mol. The van der Waals surface area contributed by atoms with E-state index < -0.39 is 0 Å². The molecule has 0 spiro atoms. The second-order valence-electron chi connectivity index (χ2n) is 5.06. The summed E-state index contributed by atoms with van der Waals surface area (Å²) in [6.45, 7) is 10.8. The Bertz CT molecular complexity index is 193. The normalized spacial score (nSPS) is 22.6. The minimum atomic E-state index is 0.336. The van der Waals surface area contributed by atoms with Gasteiger partial charge in [-0.2, -0.15) is 0 Å². The molecule has 0 saturated carbocycles. The second kappa shape index (κ2) is 8.03.